The van der Waals surface area contributed by atoms with E-state index in [-0.39, 0.29) is 11.7 Å². The molecule has 1 aliphatic rings. The second-order valence-corrected chi connectivity index (χ2v) is 4.20. The van der Waals surface area contributed by atoms with Crippen LogP contribution in [0, 0.1) is 0 Å². The zero-order valence-corrected chi connectivity index (χ0v) is 10.00. The van der Waals surface area contributed by atoms with Gasteiger partial charge in [0.15, 0.2) is 0 Å². The largest absolute Gasteiger partial charge is 0.371 e. The van der Waals surface area contributed by atoms with Gasteiger partial charge in [-0.15, -0.1) is 0 Å². The molecule has 1 aromatic carbocycles. The number of rotatable bonds is 1. The predicted molar refractivity (Wildman–Crippen MR) is 67.8 cm³/mol. The Balaban J connectivity index is 2.00. The molecule has 0 bridgehead atoms. The minimum Gasteiger partial charge on any atom is -0.371 e. The highest BCUT2D eigenvalue weighted by atomic mass is 16.2. The summed E-state index contributed by atoms with van der Waals surface area (Å²) in [6.45, 7) is 1.45. The van der Waals surface area contributed by atoms with Crippen molar-refractivity contribution in [2.24, 2.45) is 0 Å². The third-order valence-corrected chi connectivity index (χ3v) is 3.11. The number of fused-ring (bicyclic) bond motifs is 1. The fourth-order valence-corrected chi connectivity index (χ4v) is 2.15. The number of aromatic amines is 1. The fraction of sp³-hybridized carbons (Fsp3) is 0.250. The average Bonchev–Trinajstić information content (AvgIpc) is 2.93. The molecule has 92 valence electrons. The molecular formula is C12H13N5O. The lowest BCUT2D eigenvalue weighted by Crippen LogP contribution is -2.43. The van der Waals surface area contributed by atoms with E-state index in [1.165, 1.54) is 6.33 Å². The van der Waals surface area contributed by atoms with Gasteiger partial charge in [0.05, 0.1) is 11.4 Å². The van der Waals surface area contributed by atoms with E-state index in [1.54, 1.807) is 4.90 Å². The van der Waals surface area contributed by atoms with Crippen LogP contribution in [0.1, 0.15) is 10.6 Å². The van der Waals surface area contributed by atoms with Crippen molar-refractivity contribution in [3.8, 4) is 0 Å². The number of carbonyl (C=O) groups excluding carboxylic acids is 1. The van der Waals surface area contributed by atoms with Crippen molar-refractivity contribution in [3.63, 3.8) is 0 Å². The van der Waals surface area contributed by atoms with Gasteiger partial charge in [-0.05, 0) is 12.1 Å². The minimum atomic E-state index is -0.145. The number of amides is 1. The van der Waals surface area contributed by atoms with E-state index in [0.29, 0.717) is 6.54 Å². The van der Waals surface area contributed by atoms with Gasteiger partial charge in [0.25, 0.3) is 5.91 Å². The second-order valence-electron chi connectivity index (χ2n) is 4.20. The number of H-pyrrole nitrogens is 1. The van der Waals surface area contributed by atoms with Crippen LogP contribution in [0.2, 0.25) is 0 Å². The van der Waals surface area contributed by atoms with E-state index in [1.807, 2.05) is 31.3 Å². The van der Waals surface area contributed by atoms with Gasteiger partial charge >= 0.3 is 0 Å². The number of hydrogen-bond acceptors (Lipinski definition) is 4. The first kappa shape index (κ1) is 10.8. The van der Waals surface area contributed by atoms with Gasteiger partial charge in [0.1, 0.15) is 6.33 Å². The maximum absolute atomic E-state index is 12.3. The standard InChI is InChI=1S/C12H13N5O/c1-16-6-7-17(10-5-3-2-4-9(10)16)12(18)11-13-8-14-15-11/h2-5,8H,6-7H2,1H3,(H,13,14,15). The number of anilines is 2. The van der Waals surface area contributed by atoms with Crippen molar-refractivity contribution >= 4 is 17.3 Å². The quantitative estimate of drug-likeness (QED) is 0.808. The highest BCUT2D eigenvalue weighted by Crippen LogP contribution is 2.32. The van der Waals surface area contributed by atoms with Crippen molar-refractivity contribution < 1.29 is 4.79 Å². The highest BCUT2D eigenvalue weighted by Gasteiger charge is 2.26. The van der Waals surface area contributed by atoms with Crippen LogP contribution < -0.4 is 9.80 Å². The Hall–Kier alpha value is -2.37. The molecule has 0 saturated carbocycles. The Kier molecular flexibility index (Phi) is 2.47. The highest BCUT2D eigenvalue weighted by molar-refractivity contribution is 6.06. The summed E-state index contributed by atoms with van der Waals surface area (Å²) >= 11 is 0. The minimum absolute atomic E-state index is 0.145. The molecule has 1 N–H and O–H groups in total. The van der Waals surface area contributed by atoms with Crippen LogP contribution in [0.5, 0.6) is 0 Å². The summed E-state index contributed by atoms with van der Waals surface area (Å²) in [5, 5.41) is 6.33. The fourth-order valence-electron chi connectivity index (χ4n) is 2.15. The molecule has 0 aliphatic carbocycles. The van der Waals surface area contributed by atoms with Crippen molar-refractivity contribution in [2.75, 3.05) is 29.9 Å². The molecule has 0 radical (unpaired) electrons. The topological polar surface area (TPSA) is 65.1 Å². The van der Waals surface area contributed by atoms with Crippen LogP contribution >= 0.6 is 0 Å². The Morgan fingerprint density at radius 3 is 2.78 bits per heavy atom. The average molecular weight is 243 g/mol. The summed E-state index contributed by atoms with van der Waals surface area (Å²) in [5.41, 5.74) is 1.96. The molecule has 3 rings (SSSR count). The molecule has 6 heteroatoms. The van der Waals surface area contributed by atoms with Crippen molar-refractivity contribution in [2.45, 2.75) is 0 Å². The van der Waals surface area contributed by atoms with Crippen LogP contribution in [0.25, 0.3) is 0 Å². The second kappa shape index (κ2) is 4.14. The zero-order chi connectivity index (χ0) is 12.5. The molecule has 1 aromatic heterocycles. The lowest BCUT2D eigenvalue weighted by atomic mass is 10.1. The third-order valence-electron chi connectivity index (χ3n) is 3.11. The van der Waals surface area contributed by atoms with Gasteiger partial charge in [0, 0.05) is 20.1 Å². The molecule has 0 fully saturated rings. The summed E-state index contributed by atoms with van der Waals surface area (Å²) in [6.07, 6.45) is 1.34. The molecule has 0 saturated heterocycles. The van der Waals surface area contributed by atoms with Crippen LogP contribution in [0.4, 0.5) is 11.4 Å². The van der Waals surface area contributed by atoms with Crippen molar-refractivity contribution in [1.82, 2.24) is 15.2 Å². The number of hydrogen-bond donors (Lipinski definition) is 1. The predicted octanol–water partition coefficient (Wildman–Crippen LogP) is 0.901. The summed E-state index contributed by atoms with van der Waals surface area (Å²) in [4.78, 5) is 20.1. The Labute approximate surface area is 104 Å². The van der Waals surface area contributed by atoms with E-state index in [2.05, 4.69) is 20.1 Å². The maximum Gasteiger partial charge on any atom is 0.295 e. The molecule has 2 heterocycles. The Bertz CT molecular complexity index is 566. The number of likely N-dealkylation sites (N-methyl/N-ethyl adjacent to an activating group) is 1. The van der Waals surface area contributed by atoms with Crippen LogP contribution in [-0.2, 0) is 0 Å². The maximum atomic E-state index is 12.3. The number of nitrogens with one attached hydrogen (secondary N) is 1. The smallest absolute Gasteiger partial charge is 0.295 e. The summed E-state index contributed by atoms with van der Waals surface area (Å²) in [5.74, 6) is 0.127. The third kappa shape index (κ3) is 1.62. The number of benzene rings is 1. The first-order valence-electron chi connectivity index (χ1n) is 5.75. The number of para-hydroxylation sites is 2. The molecule has 0 unspecified atom stereocenters. The molecule has 2 aromatic rings. The lowest BCUT2D eigenvalue weighted by molar-refractivity contribution is 0.0977. The van der Waals surface area contributed by atoms with Gasteiger partial charge in [-0.25, -0.2) is 4.98 Å². The van der Waals surface area contributed by atoms with Gasteiger partial charge < -0.3 is 9.80 Å². The zero-order valence-electron chi connectivity index (χ0n) is 10.00. The number of carbonyl (C=O) groups is 1. The molecule has 0 atom stereocenters. The van der Waals surface area contributed by atoms with Crippen LogP contribution in [0.15, 0.2) is 30.6 Å². The van der Waals surface area contributed by atoms with Gasteiger partial charge in [-0.2, -0.15) is 5.10 Å². The molecule has 1 aliphatic heterocycles. The Morgan fingerprint density at radius 2 is 2.06 bits per heavy atom. The summed E-state index contributed by atoms with van der Waals surface area (Å²) in [6, 6.07) is 7.85. The molecule has 18 heavy (non-hydrogen) atoms. The first-order chi connectivity index (χ1) is 8.77. The van der Waals surface area contributed by atoms with E-state index < -0.39 is 0 Å². The number of aromatic nitrogens is 3. The van der Waals surface area contributed by atoms with E-state index in [9.17, 15) is 4.79 Å². The normalized spacial score (nSPS) is 14.5. The van der Waals surface area contributed by atoms with E-state index in [4.69, 9.17) is 0 Å². The van der Waals surface area contributed by atoms with E-state index >= 15 is 0 Å². The van der Waals surface area contributed by atoms with Crippen molar-refractivity contribution in [3.05, 3.63) is 36.4 Å². The molecule has 0 spiro atoms. The van der Waals surface area contributed by atoms with Gasteiger partial charge in [-0.1, -0.05) is 12.1 Å². The SMILES string of the molecule is CN1CCN(C(=O)c2ncn[nH]2)c2ccccc21. The lowest BCUT2D eigenvalue weighted by Gasteiger charge is -2.35. The van der Waals surface area contributed by atoms with Crippen LogP contribution in [0.3, 0.4) is 0 Å². The molecule has 1 amide bonds. The summed E-state index contributed by atoms with van der Waals surface area (Å²) in [7, 11) is 2.02. The molecular weight excluding hydrogens is 230 g/mol. The van der Waals surface area contributed by atoms with Crippen LogP contribution in [-0.4, -0.2) is 41.2 Å². The summed E-state index contributed by atoms with van der Waals surface area (Å²) < 4.78 is 0. The Morgan fingerprint density at radius 1 is 1.28 bits per heavy atom. The number of nitrogens with zero attached hydrogens (tertiary/aromatic N) is 4. The monoisotopic (exact) mass is 243 g/mol. The van der Waals surface area contributed by atoms with Crippen molar-refractivity contribution in [1.29, 1.82) is 0 Å². The first-order valence-corrected chi connectivity index (χ1v) is 5.75. The van der Waals surface area contributed by atoms with E-state index in [0.717, 1.165) is 17.9 Å². The van der Waals surface area contributed by atoms with Gasteiger partial charge in [0.2, 0.25) is 5.82 Å². The molecule has 6 nitrogen and oxygen atoms in total. The van der Waals surface area contributed by atoms with Gasteiger partial charge in [-0.3, -0.25) is 9.89 Å².